The molecule has 0 fully saturated rings. The molecule has 3 heterocycles. The number of carbonyl (C=O) groups excluding carboxylic acids is 2. The van der Waals surface area contributed by atoms with E-state index < -0.39 is 0 Å². The van der Waals surface area contributed by atoms with E-state index in [9.17, 15) is 9.59 Å². The number of fused-ring (bicyclic) bond motifs is 1. The van der Waals surface area contributed by atoms with Gasteiger partial charge in [0.1, 0.15) is 4.88 Å². The van der Waals surface area contributed by atoms with Gasteiger partial charge >= 0.3 is 0 Å². The summed E-state index contributed by atoms with van der Waals surface area (Å²) in [6, 6.07) is 20.0. The fraction of sp³-hybridized carbons (Fsp3) is 0.172. The van der Waals surface area contributed by atoms with Crippen LogP contribution in [-0.2, 0) is 11.3 Å². The highest BCUT2D eigenvalue weighted by molar-refractivity contribution is 7.99. The first-order valence-corrected chi connectivity index (χ1v) is 14.3. The zero-order valence-electron chi connectivity index (χ0n) is 22.3. The number of aromatic nitrogens is 5. The summed E-state index contributed by atoms with van der Waals surface area (Å²) >= 11 is 2.44. The molecule has 0 saturated carbocycles. The fourth-order valence-corrected chi connectivity index (χ4v) is 5.89. The number of carbonyl (C=O) groups is 2. The standard InChI is InChI=1S/C29H27N7O2S2/c1-5-15-36-26(21-16-23(19-11-7-6-8-12-19)31-22-14-10-9-13-20(21)22)33-34-29(36)39-17-24(37)32-28-30-18(2)25(40-28)27(38)35(3)4/h5-14,16H,1,15,17H2,2-4H3,(H,30,32,37). The highest BCUT2D eigenvalue weighted by atomic mass is 32.2. The highest BCUT2D eigenvalue weighted by Gasteiger charge is 2.20. The number of nitrogens with zero attached hydrogens (tertiary/aromatic N) is 6. The summed E-state index contributed by atoms with van der Waals surface area (Å²) in [5.74, 6) is 0.366. The Balaban J connectivity index is 1.41. The Hall–Kier alpha value is -4.35. The van der Waals surface area contributed by atoms with E-state index >= 15 is 0 Å². The predicted octanol–water partition coefficient (Wildman–Crippen LogP) is 5.54. The maximum Gasteiger partial charge on any atom is 0.265 e. The molecule has 3 aromatic heterocycles. The molecule has 1 N–H and O–H groups in total. The number of hydrogen-bond acceptors (Lipinski definition) is 8. The Morgan fingerprint density at radius 1 is 1.07 bits per heavy atom. The van der Waals surface area contributed by atoms with Gasteiger partial charge in [-0.2, -0.15) is 0 Å². The molecule has 0 spiro atoms. The second kappa shape index (κ2) is 11.8. The van der Waals surface area contributed by atoms with Gasteiger partial charge in [-0.25, -0.2) is 9.97 Å². The third kappa shape index (κ3) is 5.65. The zero-order chi connectivity index (χ0) is 28.2. The minimum absolute atomic E-state index is 0.0945. The molecule has 5 aromatic rings. The predicted molar refractivity (Wildman–Crippen MR) is 161 cm³/mol. The molecule has 0 bridgehead atoms. The molecule has 0 saturated heterocycles. The lowest BCUT2D eigenvalue weighted by Crippen LogP contribution is -2.21. The number of pyridine rings is 1. The lowest BCUT2D eigenvalue weighted by molar-refractivity contribution is -0.113. The summed E-state index contributed by atoms with van der Waals surface area (Å²) in [4.78, 5) is 36.3. The number of thiazole rings is 1. The van der Waals surface area contributed by atoms with Crippen molar-refractivity contribution in [3.63, 3.8) is 0 Å². The van der Waals surface area contributed by atoms with E-state index in [1.807, 2.05) is 65.2 Å². The van der Waals surface area contributed by atoms with Gasteiger partial charge in [-0.1, -0.05) is 77.7 Å². The summed E-state index contributed by atoms with van der Waals surface area (Å²) in [6.07, 6.45) is 1.78. The van der Waals surface area contributed by atoms with Crippen LogP contribution in [0.3, 0.4) is 0 Å². The third-order valence-corrected chi connectivity index (χ3v) is 8.06. The van der Waals surface area contributed by atoms with E-state index in [0.29, 0.717) is 33.2 Å². The van der Waals surface area contributed by atoms with Gasteiger partial charge in [0.15, 0.2) is 16.1 Å². The van der Waals surface area contributed by atoms with Crippen molar-refractivity contribution in [3.05, 3.63) is 83.9 Å². The number of nitrogens with one attached hydrogen (secondary N) is 1. The van der Waals surface area contributed by atoms with Gasteiger partial charge in [-0.3, -0.25) is 14.2 Å². The quantitative estimate of drug-likeness (QED) is 0.183. The molecule has 0 aliphatic rings. The van der Waals surface area contributed by atoms with Crippen LogP contribution in [0.1, 0.15) is 15.4 Å². The Labute approximate surface area is 240 Å². The molecular weight excluding hydrogens is 543 g/mol. The first-order chi connectivity index (χ1) is 19.4. The Kier molecular flexibility index (Phi) is 8.04. The zero-order valence-corrected chi connectivity index (χ0v) is 23.9. The fourth-order valence-electron chi connectivity index (χ4n) is 4.14. The molecule has 0 radical (unpaired) electrons. The summed E-state index contributed by atoms with van der Waals surface area (Å²) in [5, 5.41) is 13.7. The molecule has 40 heavy (non-hydrogen) atoms. The van der Waals surface area contributed by atoms with Crippen LogP contribution in [0.25, 0.3) is 33.5 Å². The minimum atomic E-state index is -0.252. The van der Waals surface area contributed by atoms with Crippen LogP contribution in [0.5, 0.6) is 0 Å². The SMILES string of the molecule is C=CCn1c(SCC(=O)Nc2nc(C)c(C(=O)N(C)C)s2)nnc1-c1cc(-c2ccccc2)nc2ccccc12. The van der Waals surface area contributed by atoms with E-state index in [1.165, 1.54) is 16.7 Å². The van der Waals surface area contributed by atoms with Crippen LogP contribution in [0.15, 0.2) is 78.5 Å². The molecule has 9 nitrogen and oxygen atoms in total. The molecule has 202 valence electrons. The number of hydrogen-bond donors (Lipinski definition) is 1. The minimum Gasteiger partial charge on any atom is -0.344 e. The van der Waals surface area contributed by atoms with Crippen molar-refractivity contribution < 1.29 is 9.59 Å². The van der Waals surface area contributed by atoms with Crippen molar-refractivity contribution in [2.45, 2.75) is 18.6 Å². The molecule has 5 rings (SSSR count). The topological polar surface area (TPSA) is 106 Å². The Morgan fingerprint density at radius 3 is 2.58 bits per heavy atom. The lowest BCUT2D eigenvalue weighted by Gasteiger charge is -2.12. The monoisotopic (exact) mass is 569 g/mol. The van der Waals surface area contributed by atoms with Crippen molar-refractivity contribution in [1.29, 1.82) is 0 Å². The second-order valence-corrected chi connectivity index (χ2v) is 11.1. The lowest BCUT2D eigenvalue weighted by atomic mass is 10.0. The Morgan fingerprint density at radius 2 is 1.82 bits per heavy atom. The van der Waals surface area contributed by atoms with E-state index in [0.717, 1.165) is 39.1 Å². The smallest absolute Gasteiger partial charge is 0.265 e. The molecule has 2 amide bonds. The van der Waals surface area contributed by atoms with E-state index in [1.54, 1.807) is 27.1 Å². The number of para-hydroxylation sites is 1. The third-order valence-electron chi connectivity index (χ3n) is 6.03. The largest absolute Gasteiger partial charge is 0.344 e. The summed E-state index contributed by atoms with van der Waals surface area (Å²) in [5.41, 5.74) is 4.17. The number of anilines is 1. The van der Waals surface area contributed by atoms with Crippen molar-refractivity contribution in [3.8, 4) is 22.6 Å². The number of allylic oxidation sites excluding steroid dienone is 1. The van der Waals surface area contributed by atoms with Crippen LogP contribution in [0, 0.1) is 6.92 Å². The highest BCUT2D eigenvalue weighted by Crippen LogP contribution is 2.33. The maximum absolute atomic E-state index is 12.8. The molecule has 0 aliphatic heterocycles. The van der Waals surface area contributed by atoms with Crippen LogP contribution < -0.4 is 5.32 Å². The van der Waals surface area contributed by atoms with Crippen LogP contribution in [0.4, 0.5) is 5.13 Å². The van der Waals surface area contributed by atoms with Gasteiger partial charge in [-0.15, -0.1) is 16.8 Å². The van der Waals surface area contributed by atoms with E-state index in [-0.39, 0.29) is 17.6 Å². The Bertz CT molecular complexity index is 1710. The van der Waals surface area contributed by atoms with Crippen molar-refractivity contribution in [2.24, 2.45) is 0 Å². The number of amides is 2. The maximum atomic E-state index is 12.8. The van der Waals surface area contributed by atoms with Gasteiger partial charge in [0.05, 0.1) is 22.7 Å². The van der Waals surface area contributed by atoms with E-state index in [2.05, 4.69) is 27.1 Å². The van der Waals surface area contributed by atoms with Crippen LogP contribution >= 0.6 is 23.1 Å². The molecule has 0 aliphatic carbocycles. The summed E-state index contributed by atoms with van der Waals surface area (Å²) < 4.78 is 1.95. The molecule has 2 aromatic carbocycles. The number of benzene rings is 2. The molecule has 11 heteroatoms. The average molecular weight is 570 g/mol. The second-order valence-electron chi connectivity index (χ2n) is 9.11. The number of aryl methyl sites for hydroxylation is 1. The van der Waals surface area contributed by atoms with Crippen molar-refractivity contribution >= 4 is 50.9 Å². The normalized spacial score (nSPS) is 11.0. The molecule has 0 unspecified atom stereocenters. The first-order valence-electron chi connectivity index (χ1n) is 12.5. The van der Waals surface area contributed by atoms with Gasteiger partial charge in [0.25, 0.3) is 5.91 Å². The summed E-state index contributed by atoms with van der Waals surface area (Å²) in [7, 11) is 3.36. The molecular formula is C29H27N7O2S2. The van der Waals surface area contributed by atoms with Gasteiger partial charge in [0, 0.05) is 37.2 Å². The summed E-state index contributed by atoms with van der Waals surface area (Å²) in [6.45, 7) is 6.13. The number of rotatable bonds is 9. The van der Waals surface area contributed by atoms with Crippen LogP contribution in [-0.4, -0.2) is 61.3 Å². The van der Waals surface area contributed by atoms with Gasteiger partial charge < -0.3 is 10.2 Å². The average Bonchev–Trinajstić information content (AvgIpc) is 3.53. The number of thioether (sulfide) groups is 1. The van der Waals surface area contributed by atoms with Crippen molar-refractivity contribution in [2.75, 3.05) is 25.2 Å². The first kappa shape index (κ1) is 27.2. The van der Waals surface area contributed by atoms with Gasteiger partial charge in [0.2, 0.25) is 5.91 Å². The van der Waals surface area contributed by atoms with Gasteiger partial charge in [-0.05, 0) is 19.1 Å². The van der Waals surface area contributed by atoms with Crippen molar-refractivity contribution in [1.82, 2.24) is 29.6 Å². The van der Waals surface area contributed by atoms with Crippen LogP contribution in [0.2, 0.25) is 0 Å². The van der Waals surface area contributed by atoms with E-state index in [4.69, 9.17) is 4.98 Å². The molecule has 0 atom stereocenters.